The van der Waals surface area contributed by atoms with E-state index in [9.17, 15) is 29.1 Å². The minimum absolute atomic E-state index is 0.0738. The number of rotatable bonds is 17. The highest BCUT2D eigenvalue weighted by Gasteiger charge is 2.37. The Hall–Kier alpha value is -4.18. The van der Waals surface area contributed by atoms with Crippen molar-refractivity contribution in [3.8, 4) is 0 Å². The molecule has 0 fully saturated rings. The molecular formula is C21H32N4O12. The number of aliphatic imine (C=N–C) groups is 1. The van der Waals surface area contributed by atoms with E-state index in [1.165, 1.54) is 13.8 Å². The van der Waals surface area contributed by atoms with Gasteiger partial charge in [0, 0.05) is 11.1 Å². The highest BCUT2D eigenvalue weighted by molar-refractivity contribution is 5.88. The number of aliphatic hydroxyl groups excluding tert-OH is 1. The van der Waals surface area contributed by atoms with Crippen LogP contribution >= 0.6 is 0 Å². The smallest absolute Gasteiger partial charge is 0.409 e. The maximum atomic E-state index is 12.3. The number of alkyl carbamates (subject to hydrolysis) is 2. The van der Waals surface area contributed by atoms with Gasteiger partial charge in [0.25, 0.3) is 5.91 Å². The Morgan fingerprint density at radius 2 is 1.43 bits per heavy atom. The molecule has 16 heteroatoms. The van der Waals surface area contributed by atoms with Gasteiger partial charge in [0.1, 0.15) is 33.1 Å². The first-order valence-electron chi connectivity index (χ1n) is 10.6. The molecule has 0 saturated heterocycles. The van der Waals surface area contributed by atoms with Crippen LogP contribution in [0.25, 0.3) is 0 Å². The molecule has 0 bridgehead atoms. The minimum Gasteiger partial charge on any atom is -0.460 e. The van der Waals surface area contributed by atoms with E-state index in [-0.39, 0.29) is 44.2 Å². The third-order valence-electron chi connectivity index (χ3n) is 3.73. The van der Waals surface area contributed by atoms with Crippen molar-refractivity contribution in [2.45, 2.75) is 26.4 Å². The van der Waals surface area contributed by atoms with Gasteiger partial charge in [-0.15, -0.1) is 0 Å². The van der Waals surface area contributed by atoms with Crippen LogP contribution in [0.4, 0.5) is 9.59 Å². The SMILES string of the molecule is C=C(C)C(=O)OCCOOC=NCNC(=O)OC(C)(CO)C(=O)NCNC(=O)OCCOC(=O)C(=C)C. The Morgan fingerprint density at radius 3 is 2.00 bits per heavy atom. The van der Waals surface area contributed by atoms with Crippen LogP contribution < -0.4 is 16.0 Å². The summed E-state index contributed by atoms with van der Waals surface area (Å²) in [5.41, 5.74) is -1.56. The Morgan fingerprint density at radius 1 is 0.865 bits per heavy atom. The van der Waals surface area contributed by atoms with E-state index < -0.39 is 48.9 Å². The van der Waals surface area contributed by atoms with Gasteiger partial charge in [0.05, 0.1) is 13.3 Å². The van der Waals surface area contributed by atoms with E-state index in [0.717, 1.165) is 13.3 Å². The average molecular weight is 533 g/mol. The molecule has 1 unspecified atom stereocenters. The first kappa shape index (κ1) is 32.8. The summed E-state index contributed by atoms with van der Waals surface area (Å²) in [5.74, 6) is -2.13. The number of carbonyl (C=O) groups is 5. The summed E-state index contributed by atoms with van der Waals surface area (Å²) in [6, 6.07) is 0. The third kappa shape index (κ3) is 15.4. The fraction of sp³-hybridized carbons (Fsp3) is 0.524. The summed E-state index contributed by atoms with van der Waals surface area (Å²) in [6.07, 6.45) is -1.16. The second-order valence-electron chi connectivity index (χ2n) is 7.15. The van der Waals surface area contributed by atoms with Gasteiger partial charge >= 0.3 is 24.1 Å². The molecule has 208 valence electrons. The van der Waals surface area contributed by atoms with Crippen molar-refractivity contribution in [3.63, 3.8) is 0 Å². The highest BCUT2D eigenvalue weighted by Crippen LogP contribution is 2.10. The normalized spacial score (nSPS) is 11.9. The van der Waals surface area contributed by atoms with E-state index in [1.54, 1.807) is 0 Å². The van der Waals surface area contributed by atoms with Crippen LogP contribution in [0.2, 0.25) is 0 Å². The van der Waals surface area contributed by atoms with Gasteiger partial charge in [-0.1, -0.05) is 13.2 Å². The summed E-state index contributed by atoms with van der Waals surface area (Å²) >= 11 is 0. The number of nitrogens with zero attached hydrogens (tertiary/aromatic N) is 1. The molecule has 0 aliphatic heterocycles. The van der Waals surface area contributed by atoms with Gasteiger partial charge in [-0.3, -0.25) is 4.79 Å². The number of hydrogen-bond acceptors (Lipinski definition) is 13. The molecule has 37 heavy (non-hydrogen) atoms. The van der Waals surface area contributed by atoms with Gasteiger partial charge in [0.15, 0.2) is 0 Å². The molecule has 0 aliphatic rings. The lowest BCUT2D eigenvalue weighted by Gasteiger charge is -2.26. The molecule has 0 aromatic carbocycles. The molecule has 0 aromatic heterocycles. The lowest BCUT2D eigenvalue weighted by molar-refractivity contribution is -0.223. The molecule has 0 aliphatic carbocycles. The van der Waals surface area contributed by atoms with Crippen molar-refractivity contribution in [1.29, 1.82) is 0 Å². The summed E-state index contributed by atoms with van der Waals surface area (Å²) in [5, 5.41) is 16.1. The second-order valence-corrected chi connectivity index (χ2v) is 7.15. The second kappa shape index (κ2) is 18.1. The topological polar surface area (TPSA) is 209 Å². The Labute approximate surface area is 212 Å². The van der Waals surface area contributed by atoms with Crippen molar-refractivity contribution in [2.24, 2.45) is 4.99 Å². The first-order valence-corrected chi connectivity index (χ1v) is 10.6. The number of ether oxygens (including phenoxy) is 4. The first-order chi connectivity index (χ1) is 17.4. The minimum atomic E-state index is -1.99. The van der Waals surface area contributed by atoms with Crippen molar-refractivity contribution in [3.05, 3.63) is 24.3 Å². The summed E-state index contributed by atoms with van der Waals surface area (Å²) < 4.78 is 19.1. The van der Waals surface area contributed by atoms with Crippen molar-refractivity contribution < 1.29 is 57.8 Å². The Bertz CT molecular complexity index is 860. The summed E-state index contributed by atoms with van der Waals surface area (Å²) in [7, 11) is 0. The lowest BCUT2D eigenvalue weighted by atomic mass is 10.1. The summed E-state index contributed by atoms with van der Waals surface area (Å²) in [6.45, 7) is 8.70. The fourth-order valence-electron chi connectivity index (χ4n) is 1.77. The molecule has 16 nitrogen and oxygen atoms in total. The van der Waals surface area contributed by atoms with Crippen molar-refractivity contribution in [1.82, 2.24) is 16.0 Å². The number of nitrogens with one attached hydrogen (secondary N) is 3. The van der Waals surface area contributed by atoms with Crippen LogP contribution in [-0.2, 0) is 43.1 Å². The Kier molecular flexibility index (Phi) is 16.1. The summed E-state index contributed by atoms with van der Waals surface area (Å²) in [4.78, 5) is 70.8. The maximum Gasteiger partial charge on any atom is 0.409 e. The van der Waals surface area contributed by atoms with Gasteiger partial charge in [0.2, 0.25) is 12.0 Å². The lowest BCUT2D eigenvalue weighted by Crippen LogP contribution is -2.54. The van der Waals surface area contributed by atoms with E-state index in [0.29, 0.717) is 0 Å². The van der Waals surface area contributed by atoms with Gasteiger partial charge in [-0.2, -0.15) is 4.89 Å². The zero-order chi connectivity index (χ0) is 28.3. The molecular weight excluding hydrogens is 500 g/mol. The zero-order valence-corrected chi connectivity index (χ0v) is 20.8. The molecule has 0 aromatic rings. The number of carbonyl (C=O) groups excluding carboxylic acids is 5. The van der Waals surface area contributed by atoms with E-state index in [4.69, 9.17) is 18.9 Å². The van der Waals surface area contributed by atoms with Crippen LogP contribution in [0.15, 0.2) is 29.3 Å². The molecule has 0 spiro atoms. The predicted molar refractivity (Wildman–Crippen MR) is 125 cm³/mol. The average Bonchev–Trinajstić information content (AvgIpc) is 2.84. The highest BCUT2D eigenvalue weighted by atomic mass is 17.2. The predicted octanol–water partition coefficient (Wildman–Crippen LogP) is -0.564. The number of aliphatic hydroxyl groups is 1. The van der Waals surface area contributed by atoms with Crippen molar-refractivity contribution >= 4 is 36.4 Å². The Balaban J connectivity index is 4.15. The van der Waals surface area contributed by atoms with Gasteiger partial charge < -0.3 is 44.9 Å². The molecule has 4 N–H and O–H groups in total. The number of esters is 2. The van der Waals surface area contributed by atoms with E-state index in [2.05, 4.69) is 43.9 Å². The molecule has 0 rings (SSSR count). The number of amides is 3. The van der Waals surface area contributed by atoms with E-state index in [1.807, 2.05) is 0 Å². The van der Waals surface area contributed by atoms with Crippen molar-refractivity contribution in [2.75, 3.05) is 46.4 Å². The maximum absolute atomic E-state index is 12.3. The van der Waals surface area contributed by atoms with E-state index >= 15 is 0 Å². The van der Waals surface area contributed by atoms with Crippen LogP contribution in [-0.4, -0.2) is 93.5 Å². The van der Waals surface area contributed by atoms with Gasteiger partial charge in [-0.05, 0) is 20.8 Å². The monoisotopic (exact) mass is 532 g/mol. The third-order valence-corrected chi connectivity index (χ3v) is 3.73. The number of hydrogen-bond donors (Lipinski definition) is 4. The molecule has 3 amide bonds. The van der Waals surface area contributed by atoms with Crippen LogP contribution in [0.1, 0.15) is 20.8 Å². The molecule has 0 radical (unpaired) electrons. The standard InChI is InChI=1S/C21H32N4O12/c1-14(2)16(27)32-6-7-34-19(30)25-12-23-18(29)21(5,10-26)37-20(31)24-11-22-13-36-35-9-8-33-17(28)15(3)4/h13,26H,1,3,6-12H2,2,4-5H3,(H,23,29)(H,24,31)(H,25,30). The zero-order valence-electron chi connectivity index (χ0n) is 20.8. The van der Waals surface area contributed by atoms with Crippen LogP contribution in [0.5, 0.6) is 0 Å². The molecule has 0 saturated carbocycles. The molecule has 0 heterocycles. The molecule has 1 atom stereocenters. The fourth-order valence-corrected chi connectivity index (χ4v) is 1.77. The van der Waals surface area contributed by atoms with Crippen LogP contribution in [0.3, 0.4) is 0 Å². The quantitative estimate of drug-likeness (QED) is 0.0214. The van der Waals surface area contributed by atoms with Crippen LogP contribution in [0, 0.1) is 0 Å². The van der Waals surface area contributed by atoms with Gasteiger partial charge in [-0.25, -0.2) is 24.2 Å². The largest absolute Gasteiger partial charge is 0.460 e.